The van der Waals surface area contributed by atoms with E-state index in [4.69, 9.17) is 4.74 Å². The number of amides is 1. The lowest BCUT2D eigenvalue weighted by atomic mass is 9.46. The largest absolute Gasteiger partial charge is 0.377 e. The molecule has 1 aromatic rings. The topological polar surface area (TPSA) is 59.4 Å². The molecule has 3 fully saturated rings. The number of imidazole rings is 1. The van der Waals surface area contributed by atoms with Crippen molar-refractivity contribution >= 4 is 5.91 Å². The molecule has 4 rings (SSSR count). The van der Waals surface area contributed by atoms with E-state index in [9.17, 15) is 4.79 Å². The summed E-state index contributed by atoms with van der Waals surface area (Å²) in [5, 5.41) is 3.38. The Balaban J connectivity index is 1.53. The van der Waals surface area contributed by atoms with Gasteiger partial charge in [0.1, 0.15) is 6.04 Å². The zero-order valence-electron chi connectivity index (χ0n) is 14.2. The number of carbonyl (C=O) groups is 1. The molecule has 2 heterocycles. The number of fused-ring (bicyclic) bond motifs is 2. The number of aryl methyl sites for hydroxylation is 1. The van der Waals surface area contributed by atoms with Gasteiger partial charge in [0.25, 0.3) is 0 Å². The van der Waals surface area contributed by atoms with Crippen LogP contribution < -0.4 is 5.32 Å². The molecule has 1 N–H and O–H groups in total. The Morgan fingerprint density at radius 1 is 1.52 bits per heavy atom. The van der Waals surface area contributed by atoms with Gasteiger partial charge in [-0.25, -0.2) is 4.98 Å². The molecule has 0 bridgehead atoms. The van der Waals surface area contributed by atoms with Crippen molar-refractivity contribution in [1.82, 2.24) is 19.8 Å². The second-order valence-electron chi connectivity index (χ2n) is 7.61. The quantitative estimate of drug-likeness (QED) is 0.903. The molecular weight excluding hydrogens is 292 g/mol. The summed E-state index contributed by atoms with van der Waals surface area (Å²) in [6.45, 7) is 0.849. The molecular formula is C17H26N4O2. The number of nitrogens with zero attached hydrogens (tertiary/aromatic N) is 3. The maximum atomic E-state index is 13.0. The predicted molar refractivity (Wildman–Crippen MR) is 85.7 cm³/mol. The Morgan fingerprint density at radius 2 is 2.30 bits per heavy atom. The van der Waals surface area contributed by atoms with Crippen molar-refractivity contribution in [3.63, 3.8) is 0 Å². The fraction of sp³-hybridized carbons (Fsp3) is 0.765. The first-order valence-electron chi connectivity index (χ1n) is 8.59. The molecule has 3 aliphatic rings. The summed E-state index contributed by atoms with van der Waals surface area (Å²) in [5.74, 6) is 0.592. The van der Waals surface area contributed by atoms with Crippen LogP contribution in [0.15, 0.2) is 12.5 Å². The van der Waals surface area contributed by atoms with Gasteiger partial charge in [0.15, 0.2) is 0 Å². The summed E-state index contributed by atoms with van der Waals surface area (Å²) in [4.78, 5) is 19.1. The molecule has 0 radical (unpaired) electrons. The lowest BCUT2D eigenvalue weighted by molar-refractivity contribution is -0.180. The second-order valence-corrected chi connectivity index (χ2v) is 7.61. The fourth-order valence-electron chi connectivity index (χ4n) is 4.95. The molecule has 1 aromatic heterocycles. The van der Waals surface area contributed by atoms with Gasteiger partial charge in [-0.3, -0.25) is 9.69 Å². The maximum absolute atomic E-state index is 13.0. The SMILES string of the molecule is CN(C)[C@H](C(=O)N[C@@H]1[C@@H]2CCO[C@H]2C12CCC2)c1cncn1C. The molecule has 1 aliphatic heterocycles. The summed E-state index contributed by atoms with van der Waals surface area (Å²) in [7, 11) is 5.82. The first kappa shape index (κ1) is 15.1. The Kier molecular flexibility index (Phi) is 3.50. The summed E-state index contributed by atoms with van der Waals surface area (Å²) in [5.41, 5.74) is 1.15. The molecule has 0 unspecified atom stereocenters. The summed E-state index contributed by atoms with van der Waals surface area (Å²) in [6, 6.07) is -0.0204. The van der Waals surface area contributed by atoms with Gasteiger partial charge < -0.3 is 14.6 Å². The van der Waals surface area contributed by atoms with E-state index in [1.165, 1.54) is 19.3 Å². The van der Waals surface area contributed by atoms with Crippen LogP contribution >= 0.6 is 0 Å². The van der Waals surface area contributed by atoms with Crippen molar-refractivity contribution < 1.29 is 9.53 Å². The van der Waals surface area contributed by atoms with Crippen LogP contribution in [-0.4, -0.2) is 53.2 Å². The summed E-state index contributed by atoms with van der Waals surface area (Å²) < 4.78 is 7.87. The van der Waals surface area contributed by atoms with Gasteiger partial charge >= 0.3 is 0 Å². The van der Waals surface area contributed by atoms with Crippen LogP contribution in [0.5, 0.6) is 0 Å². The number of nitrogens with one attached hydrogen (secondary N) is 1. The van der Waals surface area contributed by atoms with Crippen molar-refractivity contribution in [2.24, 2.45) is 18.4 Å². The van der Waals surface area contributed by atoms with Crippen LogP contribution in [0.3, 0.4) is 0 Å². The highest BCUT2D eigenvalue weighted by molar-refractivity contribution is 5.83. The molecule has 4 atom stereocenters. The Labute approximate surface area is 137 Å². The third-order valence-electron chi connectivity index (χ3n) is 6.23. The molecule has 1 amide bonds. The molecule has 126 valence electrons. The van der Waals surface area contributed by atoms with Crippen molar-refractivity contribution in [1.29, 1.82) is 0 Å². The number of carbonyl (C=O) groups excluding carboxylic acids is 1. The smallest absolute Gasteiger partial charge is 0.243 e. The molecule has 2 saturated carbocycles. The van der Waals surface area contributed by atoms with Crippen molar-refractivity contribution in [3.8, 4) is 0 Å². The van der Waals surface area contributed by atoms with Gasteiger partial charge in [-0.1, -0.05) is 6.42 Å². The monoisotopic (exact) mass is 318 g/mol. The molecule has 6 nitrogen and oxygen atoms in total. The highest BCUT2D eigenvalue weighted by Crippen LogP contribution is 2.62. The first-order valence-corrected chi connectivity index (χ1v) is 8.59. The standard InChI is InChI=1S/C17H26N4O2/c1-20(2)13(12-9-18-10-21(12)3)16(22)19-14-11-5-8-23-15(11)17(14)6-4-7-17/h9-11,13-15H,4-8H2,1-3H3,(H,19,22)/t11-,13-,14+,15+/m0/s1. The van der Waals surface area contributed by atoms with E-state index in [0.717, 1.165) is 18.7 Å². The van der Waals surface area contributed by atoms with Crippen LogP contribution in [0.4, 0.5) is 0 Å². The van der Waals surface area contributed by atoms with Gasteiger partial charge in [0, 0.05) is 31.0 Å². The minimum atomic E-state index is -0.305. The molecule has 1 saturated heterocycles. The molecule has 2 aliphatic carbocycles. The summed E-state index contributed by atoms with van der Waals surface area (Å²) >= 11 is 0. The lowest BCUT2D eigenvalue weighted by Gasteiger charge is -2.63. The number of hydrogen-bond acceptors (Lipinski definition) is 4. The van der Waals surface area contributed by atoms with E-state index in [1.807, 2.05) is 30.6 Å². The van der Waals surface area contributed by atoms with Crippen molar-refractivity contribution in [2.45, 2.75) is 43.9 Å². The van der Waals surface area contributed by atoms with E-state index in [1.54, 1.807) is 12.5 Å². The Morgan fingerprint density at radius 3 is 2.87 bits per heavy atom. The van der Waals surface area contributed by atoms with Crippen LogP contribution in [0, 0.1) is 11.3 Å². The van der Waals surface area contributed by atoms with E-state index >= 15 is 0 Å². The second kappa shape index (κ2) is 5.31. The van der Waals surface area contributed by atoms with Crippen LogP contribution in [0.25, 0.3) is 0 Å². The lowest BCUT2D eigenvalue weighted by Crippen LogP contribution is -2.72. The third kappa shape index (κ3) is 2.08. The summed E-state index contributed by atoms with van der Waals surface area (Å²) in [6.07, 6.45) is 8.64. The normalized spacial score (nSPS) is 32.3. The Bertz CT molecular complexity index is 607. The number of ether oxygens (including phenoxy) is 1. The van der Waals surface area contributed by atoms with Crippen molar-refractivity contribution in [3.05, 3.63) is 18.2 Å². The van der Waals surface area contributed by atoms with E-state index in [2.05, 4.69) is 10.3 Å². The van der Waals surface area contributed by atoms with Crippen LogP contribution in [0.1, 0.15) is 37.4 Å². The van der Waals surface area contributed by atoms with Gasteiger partial charge in [0.05, 0.1) is 24.3 Å². The minimum absolute atomic E-state index is 0.0835. The number of rotatable bonds is 4. The van der Waals surface area contributed by atoms with E-state index in [0.29, 0.717) is 12.0 Å². The first-order chi connectivity index (χ1) is 11.0. The zero-order valence-corrected chi connectivity index (χ0v) is 14.2. The van der Waals surface area contributed by atoms with E-state index in [-0.39, 0.29) is 23.4 Å². The number of likely N-dealkylation sites (N-methyl/N-ethyl adjacent to an activating group) is 1. The molecule has 0 aromatic carbocycles. The number of aromatic nitrogens is 2. The van der Waals surface area contributed by atoms with E-state index < -0.39 is 0 Å². The van der Waals surface area contributed by atoms with Crippen LogP contribution in [0.2, 0.25) is 0 Å². The molecule has 23 heavy (non-hydrogen) atoms. The average molecular weight is 318 g/mol. The molecule has 6 heteroatoms. The predicted octanol–water partition coefficient (Wildman–Crippen LogP) is 1.10. The Hall–Kier alpha value is -1.40. The van der Waals surface area contributed by atoms with Crippen molar-refractivity contribution in [2.75, 3.05) is 20.7 Å². The minimum Gasteiger partial charge on any atom is -0.377 e. The zero-order chi connectivity index (χ0) is 16.2. The van der Waals surface area contributed by atoms with Gasteiger partial charge in [-0.15, -0.1) is 0 Å². The maximum Gasteiger partial charge on any atom is 0.243 e. The highest BCUT2D eigenvalue weighted by Gasteiger charge is 2.67. The highest BCUT2D eigenvalue weighted by atomic mass is 16.5. The van der Waals surface area contributed by atoms with Gasteiger partial charge in [-0.2, -0.15) is 0 Å². The fourth-order valence-corrected chi connectivity index (χ4v) is 4.95. The van der Waals surface area contributed by atoms with Gasteiger partial charge in [-0.05, 0) is 33.4 Å². The molecule has 1 spiro atoms. The van der Waals surface area contributed by atoms with Crippen LogP contribution in [-0.2, 0) is 16.6 Å². The average Bonchev–Trinajstić information content (AvgIpc) is 3.03. The third-order valence-corrected chi connectivity index (χ3v) is 6.23. The van der Waals surface area contributed by atoms with Gasteiger partial charge in [0.2, 0.25) is 5.91 Å². The number of hydrogen-bond donors (Lipinski definition) is 1.